The van der Waals surface area contributed by atoms with Crippen LogP contribution in [0.4, 0.5) is 0 Å². The van der Waals surface area contributed by atoms with Crippen LogP contribution < -0.4 is 15.9 Å². The van der Waals surface area contributed by atoms with Crippen LogP contribution in [0.5, 0.6) is 5.75 Å². The summed E-state index contributed by atoms with van der Waals surface area (Å²) in [6.07, 6.45) is 0.286. The fourth-order valence-electron chi connectivity index (χ4n) is 1.86. The van der Waals surface area contributed by atoms with Crippen molar-refractivity contribution in [1.82, 2.24) is 5.43 Å². The lowest BCUT2D eigenvalue weighted by molar-refractivity contribution is -0.120. The number of benzene rings is 1. The summed E-state index contributed by atoms with van der Waals surface area (Å²) in [6, 6.07) is 10.9. The maximum Gasteiger partial charge on any atom is 0.255 e. The maximum absolute atomic E-state index is 11.8. The van der Waals surface area contributed by atoms with Crippen LogP contribution in [-0.2, 0) is 16.0 Å². The van der Waals surface area contributed by atoms with Crippen molar-refractivity contribution in [2.24, 2.45) is 10.8 Å². The minimum absolute atomic E-state index is 0.192. The summed E-state index contributed by atoms with van der Waals surface area (Å²) in [4.78, 5) is 23.6. The van der Waals surface area contributed by atoms with Crippen LogP contribution in [-0.4, -0.2) is 24.1 Å². The molecule has 3 N–H and O–H groups in total. The van der Waals surface area contributed by atoms with Crippen molar-refractivity contribution >= 4 is 28.9 Å². The summed E-state index contributed by atoms with van der Waals surface area (Å²) < 4.78 is 5.35. The van der Waals surface area contributed by atoms with E-state index < -0.39 is 5.91 Å². The van der Waals surface area contributed by atoms with Gasteiger partial charge in [0.05, 0.1) is 12.1 Å². The van der Waals surface area contributed by atoms with E-state index in [4.69, 9.17) is 10.5 Å². The molecule has 1 heterocycles. The predicted molar refractivity (Wildman–Crippen MR) is 89.5 cm³/mol. The summed E-state index contributed by atoms with van der Waals surface area (Å²) in [5.74, 6) is -0.263. The summed E-state index contributed by atoms with van der Waals surface area (Å²) >= 11 is 1.52. The average Bonchev–Trinajstić information content (AvgIpc) is 3.03. The molecule has 2 amide bonds. The highest BCUT2D eigenvalue weighted by atomic mass is 32.1. The fourth-order valence-corrected chi connectivity index (χ4v) is 2.56. The topological polar surface area (TPSA) is 93.8 Å². The summed E-state index contributed by atoms with van der Waals surface area (Å²) in [5.41, 5.74) is 8.86. The average molecular weight is 331 g/mol. The molecule has 0 atom stereocenters. The minimum Gasteiger partial charge on any atom is -0.483 e. The second kappa shape index (κ2) is 8.09. The van der Waals surface area contributed by atoms with Gasteiger partial charge in [-0.2, -0.15) is 5.10 Å². The van der Waals surface area contributed by atoms with E-state index in [1.807, 2.05) is 23.6 Å². The Morgan fingerprint density at radius 1 is 1.26 bits per heavy atom. The number of carbonyl (C=O) groups excluding carboxylic acids is 2. The van der Waals surface area contributed by atoms with Crippen LogP contribution >= 0.6 is 11.3 Å². The Labute approximate surface area is 138 Å². The first-order chi connectivity index (χ1) is 11.1. The molecule has 0 saturated heterocycles. The van der Waals surface area contributed by atoms with Crippen molar-refractivity contribution in [3.05, 3.63) is 52.2 Å². The number of nitrogens with zero attached hydrogens (tertiary/aromatic N) is 1. The van der Waals surface area contributed by atoms with Gasteiger partial charge in [0.15, 0.2) is 6.61 Å². The van der Waals surface area contributed by atoms with Gasteiger partial charge in [-0.25, -0.2) is 5.43 Å². The summed E-state index contributed by atoms with van der Waals surface area (Å²) in [6.45, 7) is 1.53. The fraction of sp³-hybridized carbons (Fsp3) is 0.188. The smallest absolute Gasteiger partial charge is 0.255 e. The van der Waals surface area contributed by atoms with Crippen LogP contribution in [0.25, 0.3) is 0 Å². The van der Waals surface area contributed by atoms with Crippen molar-refractivity contribution in [2.75, 3.05) is 6.61 Å². The van der Waals surface area contributed by atoms with Crippen LogP contribution in [0.2, 0.25) is 0 Å². The number of nitrogens with one attached hydrogen (secondary N) is 1. The van der Waals surface area contributed by atoms with Gasteiger partial charge in [0, 0.05) is 10.4 Å². The molecule has 0 radical (unpaired) electrons. The maximum atomic E-state index is 11.8. The Balaban J connectivity index is 2.02. The van der Waals surface area contributed by atoms with Crippen molar-refractivity contribution in [3.63, 3.8) is 0 Å². The number of carbonyl (C=O) groups is 2. The zero-order chi connectivity index (χ0) is 16.7. The zero-order valence-electron chi connectivity index (χ0n) is 12.6. The Kier molecular flexibility index (Phi) is 5.87. The highest BCUT2D eigenvalue weighted by Gasteiger charge is 2.09. The third-order valence-corrected chi connectivity index (χ3v) is 3.79. The van der Waals surface area contributed by atoms with Crippen LogP contribution in [0.15, 0.2) is 46.9 Å². The first-order valence-corrected chi connectivity index (χ1v) is 7.80. The molecular weight excluding hydrogens is 314 g/mol. The number of rotatable bonds is 7. The Bertz CT molecular complexity index is 711. The number of primary amides is 1. The molecule has 0 aliphatic heterocycles. The number of ether oxygens (including phenoxy) is 1. The first kappa shape index (κ1) is 16.7. The zero-order valence-corrected chi connectivity index (χ0v) is 13.4. The van der Waals surface area contributed by atoms with Gasteiger partial charge in [0.1, 0.15) is 5.75 Å². The lowest BCUT2D eigenvalue weighted by atomic mass is 10.1. The van der Waals surface area contributed by atoms with Crippen LogP contribution in [0, 0.1) is 0 Å². The molecule has 0 fully saturated rings. The molecular formula is C16H17N3O3S. The molecule has 0 saturated carbocycles. The van der Waals surface area contributed by atoms with E-state index >= 15 is 0 Å². The van der Waals surface area contributed by atoms with Gasteiger partial charge in [-0.05, 0) is 30.5 Å². The van der Waals surface area contributed by atoms with Crippen LogP contribution in [0.1, 0.15) is 17.4 Å². The van der Waals surface area contributed by atoms with E-state index in [-0.39, 0.29) is 18.9 Å². The van der Waals surface area contributed by atoms with Gasteiger partial charge >= 0.3 is 0 Å². The Morgan fingerprint density at radius 3 is 2.74 bits per heavy atom. The van der Waals surface area contributed by atoms with E-state index in [1.54, 1.807) is 25.1 Å². The number of hydrogen-bond acceptors (Lipinski definition) is 5. The Morgan fingerprint density at radius 2 is 2.04 bits per heavy atom. The molecule has 0 aliphatic carbocycles. The molecule has 1 aromatic heterocycles. The summed E-state index contributed by atoms with van der Waals surface area (Å²) in [5, 5.41) is 6.01. The number of hydrazone groups is 1. The number of nitrogens with two attached hydrogens (primary N) is 1. The highest BCUT2D eigenvalue weighted by Crippen LogP contribution is 2.18. The highest BCUT2D eigenvalue weighted by molar-refractivity contribution is 7.10. The van der Waals surface area contributed by atoms with Crippen molar-refractivity contribution in [2.45, 2.75) is 13.3 Å². The SMILES string of the molecule is CC(=NNC(=O)Cc1cccs1)c1ccccc1OCC(N)=O. The number of para-hydroxylation sites is 1. The van der Waals surface area contributed by atoms with Gasteiger partial charge in [-0.1, -0.05) is 18.2 Å². The Hall–Kier alpha value is -2.67. The van der Waals surface area contributed by atoms with Gasteiger partial charge in [-0.15, -0.1) is 11.3 Å². The van der Waals surface area contributed by atoms with E-state index in [0.717, 1.165) is 4.88 Å². The number of thiophene rings is 1. The van der Waals surface area contributed by atoms with Crippen molar-refractivity contribution in [1.29, 1.82) is 0 Å². The largest absolute Gasteiger partial charge is 0.483 e. The standard InChI is InChI=1S/C16H17N3O3S/c1-11(18-19-16(21)9-12-5-4-8-23-12)13-6-2-3-7-14(13)22-10-15(17)20/h2-8H,9-10H2,1H3,(H2,17,20)(H,19,21). The molecule has 1 aromatic carbocycles. The second-order valence-electron chi connectivity index (χ2n) is 4.74. The van der Waals surface area contributed by atoms with Gasteiger partial charge in [-0.3, -0.25) is 9.59 Å². The van der Waals surface area contributed by atoms with Crippen LogP contribution in [0.3, 0.4) is 0 Å². The lowest BCUT2D eigenvalue weighted by Crippen LogP contribution is -2.22. The van der Waals surface area contributed by atoms with E-state index in [9.17, 15) is 9.59 Å². The third kappa shape index (κ3) is 5.23. The van der Waals surface area contributed by atoms with E-state index in [1.165, 1.54) is 11.3 Å². The predicted octanol–water partition coefficient (Wildman–Crippen LogP) is 1.70. The van der Waals surface area contributed by atoms with E-state index in [0.29, 0.717) is 17.0 Å². The monoisotopic (exact) mass is 331 g/mol. The molecule has 6 nitrogen and oxygen atoms in total. The van der Waals surface area contributed by atoms with Crippen molar-refractivity contribution in [3.8, 4) is 5.75 Å². The number of hydrogen-bond donors (Lipinski definition) is 2. The first-order valence-electron chi connectivity index (χ1n) is 6.92. The molecule has 7 heteroatoms. The molecule has 0 bridgehead atoms. The van der Waals surface area contributed by atoms with Gasteiger partial charge < -0.3 is 10.5 Å². The molecule has 0 spiro atoms. The molecule has 2 aromatic rings. The quantitative estimate of drug-likeness (QED) is 0.597. The molecule has 23 heavy (non-hydrogen) atoms. The summed E-state index contributed by atoms with van der Waals surface area (Å²) in [7, 11) is 0. The second-order valence-corrected chi connectivity index (χ2v) is 5.77. The normalized spacial score (nSPS) is 11.1. The van der Waals surface area contributed by atoms with Crippen molar-refractivity contribution < 1.29 is 14.3 Å². The molecule has 120 valence electrons. The van der Waals surface area contributed by atoms with Gasteiger partial charge in [0.25, 0.3) is 5.91 Å². The molecule has 0 aliphatic rings. The molecule has 2 rings (SSSR count). The molecule has 0 unspecified atom stereocenters. The lowest BCUT2D eigenvalue weighted by Gasteiger charge is -2.10. The third-order valence-electron chi connectivity index (χ3n) is 2.91. The van der Waals surface area contributed by atoms with Gasteiger partial charge in [0.2, 0.25) is 5.91 Å². The minimum atomic E-state index is -0.557. The number of amides is 2. The van der Waals surface area contributed by atoms with E-state index in [2.05, 4.69) is 10.5 Å².